The third kappa shape index (κ3) is 3.18. The van der Waals surface area contributed by atoms with Crippen LogP contribution < -0.4 is 14.8 Å². The zero-order chi connectivity index (χ0) is 15.5. The molecule has 1 amide bonds. The first-order chi connectivity index (χ1) is 10.6. The maximum Gasteiger partial charge on any atom is 0.249 e. The second-order valence-corrected chi connectivity index (χ2v) is 5.84. The highest BCUT2D eigenvalue weighted by atomic mass is 16.7. The van der Waals surface area contributed by atoms with Crippen LogP contribution in [0.15, 0.2) is 18.2 Å². The molecule has 1 fully saturated rings. The van der Waals surface area contributed by atoms with Gasteiger partial charge in [-0.1, -0.05) is 6.07 Å². The van der Waals surface area contributed by atoms with E-state index in [1.165, 1.54) is 0 Å². The number of carbonyl (C=O) groups excluding carboxylic acids is 1. The number of hydrogen-bond acceptors (Lipinski definition) is 5. The van der Waals surface area contributed by atoms with Crippen LogP contribution in [0.2, 0.25) is 0 Å². The number of ether oxygens (including phenoxy) is 3. The lowest BCUT2D eigenvalue weighted by Crippen LogP contribution is -2.39. The average Bonchev–Trinajstić information content (AvgIpc) is 3.17. The number of amides is 1. The van der Waals surface area contributed by atoms with Crippen molar-refractivity contribution >= 4 is 5.91 Å². The Labute approximate surface area is 130 Å². The molecule has 6 nitrogen and oxygen atoms in total. The molecule has 0 saturated carbocycles. The normalized spacial score (nSPS) is 21.1. The van der Waals surface area contributed by atoms with Gasteiger partial charge in [0.25, 0.3) is 0 Å². The zero-order valence-electron chi connectivity index (χ0n) is 13.0. The van der Waals surface area contributed by atoms with Gasteiger partial charge in [-0.25, -0.2) is 0 Å². The van der Waals surface area contributed by atoms with Crippen molar-refractivity contribution in [2.45, 2.75) is 25.0 Å². The number of fused-ring (bicyclic) bond motifs is 1. The van der Waals surface area contributed by atoms with Crippen LogP contribution >= 0.6 is 0 Å². The van der Waals surface area contributed by atoms with Gasteiger partial charge in [0.2, 0.25) is 12.7 Å². The molecule has 22 heavy (non-hydrogen) atoms. The lowest BCUT2D eigenvalue weighted by Gasteiger charge is -2.25. The van der Waals surface area contributed by atoms with E-state index in [1.54, 1.807) is 0 Å². The predicted molar refractivity (Wildman–Crippen MR) is 81.0 cm³/mol. The minimum Gasteiger partial charge on any atom is -0.454 e. The van der Waals surface area contributed by atoms with Crippen molar-refractivity contribution in [1.29, 1.82) is 0 Å². The van der Waals surface area contributed by atoms with Gasteiger partial charge in [0, 0.05) is 13.2 Å². The average molecular weight is 306 g/mol. The van der Waals surface area contributed by atoms with Gasteiger partial charge in [0.15, 0.2) is 11.5 Å². The molecule has 6 heteroatoms. The summed E-state index contributed by atoms with van der Waals surface area (Å²) in [6.45, 7) is 1.48. The van der Waals surface area contributed by atoms with E-state index in [9.17, 15) is 4.79 Å². The molecule has 0 spiro atoms. The van der Waals surface area contributed by atoms with E-state index in [1.807, 2.05) is 32.3 Å². The summed E-state index contributed by atoms with van der Waals surface area (Å²) in [6.07, 6.45) is 1.47. The number of nitrogens with zero attached hydrogens (tertiary/aromatic N) is 1. The lowest BCUT2D eigenvalue weighted by atomic mass is 10.0. The number of likely N-dealkylation sites (N-methyl/N-ethyl adjacent to an activating group) is 1. The van der Waals surface area contributed by atoms with Gasteiger partial charge in [-0.05, 0) is 44.6 Å². The second-order valence-electron chi connectivity index (χ2n) is 5.84. The summed E-state index contributed by atoms with van der Waals surface area (Å²) in [6, 6.07) is 5.97. The maximum atomic E-state index is 12.1. The molecule has 2 unspecified atom stereocenters. The van der Waals surface area contributed by atoms with Gasteiger partial charge in [-0.3, -0.25) is 4.79 Å². The van der Waals surface area contributed by atoms with Crippen molar-refractivity contribution in [1.82, 2.24) is 10.2 Å². The molecule has 2 aliphatic heterocycles. The van der Waals surface area contributed by atoms with Gasteiger partial charge in [-0.2, -0.15) is 0 Å². The Bertz CT molecular complexity index is 541. The predicted octanol–water partition coefficient (Wildman–Crippen LogP) is 1.31. The van der Waals surface area contributed by atoms with E-state index in [2.05, 4.69) is 10.2 Å². The fourth-order valence-electron chi connectivity index (χ4n) is 2.81. The maximum absolute atomic E-state index is 12.1. The number of carbonyl (C=O) groups is 1. The van der Waals surface area contributed by atoms with Gasteiger partial charge in [0.05, 0.1) is 6.04 Å². The van der Waals surface area contributed by atoms with E-state index in [4.69, 9.17) is 14.2 Å². The van der Waals surface area contributed by atoms with E-state index in [-0.39, 0.29) is 24.8 Å². The highest BCUT2D eigenvalue weighted by Crippen LogP contribution is 2.34. The van der Waals surface area contributed by atoms with Crippen molar-refractivity contribution in [3.05, 3.63) is 23.8 Å². The van der Waals surface area contributed by atoms with E-state index >= 15 is 0 Å². The Morgan fingerprint density at radius 2 is 2.18 bits per heavy atom. The number of hydrogen-bond donors (Lipinski definition) is 1. The molecule has 2 aliphatic rings. The molecule has 0 aliphatic carbocycles. The first-order valence-corrected chi connectivity index (χ1v) is 7.60. The Balaban J connectivity index is 1.66. The molecule has 1 aromatic rings. The van der Waals surface area contributed by atoms with Crippen LogP contribution in [0.25, 0.3) is 0 Å². The van der Waals surface area contributed by atoms with Crippen molar-refractivity contribution < 1.29 is 19.0 Å². The Morgan fingerprint density at radius 3 is 2.91 bits per heavy atom. The van der Waals surface area contributed by atoms with Crippen molar-refractivity contribution in [2.24, 2.45) is 0 Å². The molecule has 2 heterocycles. The van der Waals surface area contributed by atoms with Crippen LogP contribution in [0.1, 0.15) is 24.4 Å². The molecular formula is C16H22N2O4. The third-order valence-electron chi connectivity index (χ3n) is 4.10. The molecule has 1 N–H and O–H groups in total. The Hall–Kier alpha value is -1.79. The molecule has 1 saturated heterocycles. The molecular weight excluding hydrogens is 284 g/mol. The minimum absolute atomic E-state index is 0.0231. The fourth-order valence-corrected chi connectivity index (χ4v) is 2.81. The SMILES string of the molecule is CN(C)C(CNC(=O)C1CCCO1)c1ccc2c(c1)OCO2. The van der Waals surface area contributed by atoms with Crippen LogP contribution in [0, 0.1) is 0 Å². The van der Waals surface area contributed by atoms with Crippen molar-refractivity contribution in [3.63, 3.8) is 0 Å². The molecule has 0 aromatic heterocycles. The van der Waals surface area contributed by atoms with E-state index < -0.39 is 0 Å². The Morgan fingerprint density at radius 1 is 1.36 bits per heavy atom. The summed E-state index contributed by atoms with van der Waals surface area (Å²) in [7, 11) is 3.99. The topological polar surface area (TPSA) is 60.0 Å². The lowest BCUT2D eigenvalue weighted by molar-refractivity contribution is -0.130. The number of rotatable bonds is 5. The summed E-state index contributed by atoms with van der Waals surface area (Å²) in [4.78, 5) is 14.2. The summed E-state index contributed by atoms with van der Waals surface area (Å²) >= 11 is 0. The smallest absolute Gasteiger partial charge is 0.249 e. The molecule has 120 valence electrons. The quantitative estimate of drug-likeness (QED) is 0.889. The first-order valence-electron chi connectivity index (χ1n) is 7.60. The third-order valence-corrected chi connectivity index (χ3v) is 4.10. The van der Waals surface area contributed by atoms with Crippen molar-refractivity contribution in [3.8, 4) is 11.5 Å². The van der Waals surface area contributed by atoms with Crippen molar-refractivity contribution in [2.75, 3.05) is 34.0 Å². The first kappa shape index (κ1) is 15.1. The van der Waals surface area contributed by atoms with Crippen LogP contribution in [0.5, 0.6) is 11.5 Å². The van der Waals surface area contributed by atoms with E-state index in [0.717, 1.165) is 29.9 Å². The molecule has 0 radical (unpaired) electrons. The molecule has 2 atom stereocenters. The van der Waals surface area contributed by atoms with Gasteiger partial charge >= 0.3 is 0 Å². The van der Waals surface area contributed by atoms with E-state index in [0.29, 0.717) is 13.2 Å². The number of nitrogens with one attached hydrogen (secondary N) is 1. The van der Waals surface area contributed by atoms with Gasteiger partial charge in [-0.15, -0.1) is 0 Å². The number of benzene rings is 1. The molecule has 1 aromatic carbocycles. The van der Waals surface area contributed by atoms with Gasteiger partial charge < -0.3 is 24.4 Å². The molecule has 0 bridgehead atoms. The summed E-state index contributed by atoms with van der Waals surface area (Å²) in [5.74, 6) is 1.50. The Kier molecular flexibility index (Phi) is 4.49. The van der Waals surface area contributed by atoms with Crippen LogP contribution in [0.3, 0.4) is 0 Å². The van der Waals surface area contributed by atoms with Crippen LogP contribution in [-0.2, 0) is 9.53 Å². The largest absolute Gasteiger partial charge is 0.454 e. The van der Waals surface area contributed by atoms with Gasteiger partial charge in [0.1, 0.15) is 6.10 Å². The summed E-state index contributed by atoms with van der Waals surface area (Å²) < 4.78 is 16.2. The minimum atomic E-state index is -0.292. The fraction of sp³-hybridized carbons (Fsp3) is 0.562. The monoisotopic (exact) mass is 306 g/mol. The highest BCUT2D eigenvalue weighted by molar-refractivity contribution is 5.81. The standard InChI is InChI=1S/C16H22N2O4/c1-18(2)12(9-17-16(19)14-4-3-7-20-14)11-5-6-13-15(8-11)22-10-21-13/h5-6,8,12,14H,3-4,7,9-10H2,1-2H3,(H,17,19). The highest BCUT2D eigenvalue weighted by Gasteiger charge is 2.25. The molecule has 3 rings (SSSR count). The van der Waals surface area contributed by atoms with Crippen LogP contribution in [-0.4, -0.2) is 51.0 Å². The zero-order valence-corrected chi connectivity index (χ0v) is 13.0. The van der Waals surface area contributed by atoms with Crippen LogP contribution in [0.4, 0.5) is 0 Å². The second kappa shape index (κ2) is 6.54. The summed E-state index contributed by atoms with van der Waals surface area (Å²) in [5.41, 5.74) is 1.09. The summed E-state index contributed by atoms with van der Waals surface area (Å²) in [5, 5.41) is 2.99.